The molecule has 0 N–H and O–H groups in total. The van der Waals surface area contributed by atoms with E-state index in [1.807, 2.05) is 0 Å². The molecule has 0 bridgehead atoms. The molecule has 10 heteroatoms. The molecule has 32 heavy (non-hydrogen) atoms. The van der Waals surface area contributed by atoms with Gasteiger partial charge in [-0.3, -0.25) is 4.79 Å². The van der Waals surface area contributed by atoms with Crippen molar-refractivity contribution in [3.05, 3.63) is 53.3 Å². The third-order valence-corrected chi connectivity index (χ3v) is 7.28. The predicted molar refractivity (Wildman–Crippen MR) is 106 cm³/mol. The zero-order chi connectivity index (χ0) is 22.7. The maximum absolute atomic E-state index is 13.5. The number of benzene rings is 2. The fourth-order valence-corrected chi connectivity index (χ4v) is 5.33. The van der Waals surface area contributed by atoms with Crippen LogP contribution in [0.3, 0.4) is 0 Å². The number of hydrogen-bond acceptors (Lipinski definition) is 4. The summed E-state index contributed by atoms with van der Waals surface area (Å²) in [6, 6.07) is 6.44. The minimum absolute atomic E-state index is 0.0408. The summed E-state index contributed by atoms with van der Waals surface area (Å²) in [4.78, 5) is 14.4. The van der Waals surface area contributed by atoms with Crippen LogP contribution in [0.5, 0.6) is 0 Å². The number of fused-ring (bicyclic) bond motifs is 2. The van der Waals surface area contributed by atoms with Crippen LogP contribution in [0.1, 0.15) is 30.4 Å². The number of hydrogen-bond donors (Lipinski definition) is 0. The largest absolute Gasteiger partial charge is 0.417 e. The summed E-state index contributed by atoms with van der Waals surface area (Å²) in [6.45, 7) is 1.07. The normalized spacial score (nSPS) is 21.1. The van der Waals surface area contributed by atoms with Crippen molar-refractivity contribution < 1.29 is 36.0 Å². The lowest BCUT2D eigenvalue weighted by atomic mass is 10.1. The third-order valence-electron chi connectivity index (χ3n) is 5.84. The van der Waals surface area contributed by atoms with Crippen LogP contribution in [0.4, 0.5) is 23.2 Å². The van der Waals surface area contributed by atoms with Gasteiger partial charge in [0.05, 0.1) is 40.2 Å². The summed E-state index contributed by atoms with van der Waals surface area (Å²) in [5.74, 6) is -2.75. The quantitative estimate of drug-likeness (QED) is 0.625. The zero-order valence-corrected chi connectivity index (χ0v) is 17.6. The van der Waals surface area contributed by atoms with Crippen molar-refractivity contribution in [2.24, 2.45) is 5.92 Å². The van der Waals surface area contributed by atoms with Crippen molar-refractivity contribution in [3.63, 3.8) is 0 Å². The van der Waals surface area contributed by atoms with Gasteiger partial charge in [-0.25, -0.2) is 8.60 Å². The summed E-state index contributed by atoms with van der Waals surface area (Å²) in [5, 5.41) is 0. The van der Waals surface area contributed by atoms with Gasteiger partial charge < -0.3 is 14.4 Å². The first-order chi connectivity index (χ1) is 15.2. The molecule has 5 rings (SSSR count). The average Bonchev–Trinajstić information content (AvgIpc) is 3.57. The van der Waals surface area contributed by atoms with Gasteiger partial charge in [-0.2, -0.15) is 13.2 Å². The van der Waals surface area contributed by atoms with Gasteiger partial charge in [-0.15, -0.1) is 0 Å². The molecule has 0 radical (unpaired) electrons. The summed E-state index contributed by atoms with van der Waals surface area (Å²) < 4.78 is 78.6. The molecule has 1 spiro atoms. The molecule has 1 amide bonds. The molecule has 0 aromatic heterocycles. The molecule has 2 heterocycles. The van der Waals surface area contributed by atoms with E-state index in [0.29, 0.717) is 36.2 Å². The fraction of sp³-hybridized carbons (Fsp3) is 0.409. The number of nitrogens with zero attached hydrogens (tertiary/aromatic N) is 1. The molecule has 170 valence electrons. The Morgan fingerprint density at radius 2 is 1.81 bits per heavy atom. The van der Waals surface area contributed by atoms with E-state index in [9.17, 15) is 26.6 Å². The first-order valence-electron chi connectivity index (χ1n) is 10.2. The molecular weight excluding hydrogens is 450 g/mol. The highest BCUT2D eigenvalue weighted by Crippen LogP contribution is 2.48. The van der Waals surface area contributed by atoms with E-state index >= 15 is 0 Å². The minimum Gasteiger partial charge on any atom is -0.338 e. The van der Waals surface area contributed by atoms with Gasteiger partial charge in [0.2, 0.25) is 0 Å². The van der Waals surface area contributed by atoms with Crippen molar-refractivity contribution in [1.82, 2.24) is 0 Å². The van der Waals surface area contributed by atoms with E-state index < -0.39 is 39.0 Å². The van der Waals surface area contributed by atoms with Crippen molar-refractivity contribution in [3.8, 4) is 0 Å². The SMILES string of the molecule is O=C1N(CC2CC2)c2ccc(S(=O)c3ccc(F)cc3C(F)(F)F)cc2C12OCCCO2. The third kappa shape index (κ3) is 3.54. The van der Waals surface area contributed by atoms with E-state index in [2.05, 4.69) is 0 Å². The number of carbonyl (C=O) groups excluding carboxylic acids is 1. The highest BCUT2D eigenvalue weighted by Gasteiger charge is 2.55. The standard InChI is InChI=1S/C22H19F4NO4S/c23-14-4-7-19(17(10-14)22(24,25)26)32(29)15-5-6-18-16(11-15)21(30-8-1-9-31-21)20(28)27(18)12-13-2-3-13/h4-7,10-11,13H,1-3,8-9,12H2. The van der Waals surface area contributed by atoms with Crippen molar-refractivity contribution in [2.45, 2.75) is 41.0 Å². The zero-order valence-electron chi connectivity index (χ0n) is 16.8. The molecular formula is C22H19F4NO4S. The lowest BCUT2D eigenvalue weighted by Gasteiger charge is -2.32. The summed E-state index contributed by atoms with van der Waals surface area (Å²) in [7, 11) is -2.28. The summed E-state index contributed by atoms with van der Waals surface area (Å²) >= 11 is 0. The first-order valence-corrected chi connectivity index (χ1v) is 11.4. The molecule has 2 fully saturated rings. The van der Waals surface area contributed by atoms with Crippen molar-refractivity contribution in [1.29, 1.82) is 0 Å². The molecule has 2 aromatic carbocycles. The van der Waals surface area contributed by atoms with Crippen LogP contribution in [-0.4, -0.2) is 29.9 Å². The first kappa shape index (κ1) is 21.5. The number of rotatable bonds is 4. The predicted octanol–water partition coefficient (Wildman–Crippen LogP) is 4.36. The molecule has 5 nitrogen and oxygen atoms in total. The number of anilines is 1. The molecule has 1 unspecified atom stereocenters. The van der Waals surface area contributed by atoms with E-state index in [0.717, 1.165) is 25.0 Å². The van der Waals surface area contributed by atoms with E-state index in [-0.39, 0.29) is 24.0 Å². The van der Waals surface area contributed by atoms with Gasteiger partial charge in [0.1, 0.15) is 5.82 Å². The second kappa shape index (κ2) is 7.64. The van der Waals surface area contributed by atoms with Crippen molar-refractivity contribution in [2.75, 3.05) is 24.7 Å². The number of carbonyl (C=O) groups is 1. The molecule has 2 aromatic rings. The summed E-state index contributed by atoms with van der Waals surface area (Å²) in [6.07, 6.45) is -2.25. The van der Waals surface area contributed by atoms with Gasteiger partial charge in [-0.1, -0.05) is 0 Å². The molecule has 1 aliphatic carbocycles. The number of halogens is 4. The van der Waals surface area contributed by atoms with Gasteiger partial charge in [0.15, 0.2) is 0 Å². The maximum atomic E-state index is 13.5. The lowest BCUT2D eigenvalue weighted by molar-refractivity contribution is -0.256. The number of amides is 1. The topological polar surface area (TPSA) is 55.8 Å². The molecule has 1 atom stereocenters. The Balaban J connectivity index is 1.59. The second-order valence-corrected chi connectivity index (χ2v) is 9.56. The maximum Gasteiger partial charge on any atom is 0.417 e. The number of ether oxygens (including phenoxy) is 2. The van der Waals surface area contributed by atoms with Gasteiger partial charge in [-0.05, 0) is 61.6 Å². The molecule has 3 aliphatic rings. The molecule has 1 saturated carbocycles. The van der Waals surface area contributed by atoms with Crippen LogP contribution in [0.15, 0.2) is 46.2 Å². The van der Waals surface area contributed by atoms with Crippen LogP contribution in [0, 0.1) is 11.7 Å². The highest BCUT2D eigenvalue weighted by molar-refractivity contribution is 7.85. The van der Waals surface area contributed by atoms with Crippen LogP contribution in [-0.2, 0) is 37.0 Å². The minimum atomic E-state index is -4.88. The lowest BCUT2D eigenvalue weighted by Crippen LogP contribution is -2.47. The van der Waals surface area contributed by atoms with Gasteiger partial charge in [0, 0.05) is 17.0 Å². The van der Waals surface area contributed by atoms with Crippen LogP contribution < -0.4 is 4.90 Å². The Labute approximate surface area is 183 Å². The van der Waals surface area contributed by atoms with Crippen LogP contribution >= 0.6 is 0 Å². The Kier molecular flexibility index (Phi) is 5.14. The monoisotopic (exact) mass is 469 g/mol. The van der Waals surface area contributed by atoms with Gasteiger partial charge >= 0.3 is 6.18 Å². The highest BCUT2D eigenvalue weighted by atomic mass is 32.2. The smallest absolute Gasteiger partial charge is 0.338 e. The van der Waals surface area contributed by atoms with E-state index in [4.69, 9.17) is 9.47 Å². The van der Waals surface area contributed by atoms with E-state index in [1.54, 1.807) is 11.0 Å². The second-order valence-electron chi connectivity index (χ2n) is 8.11. The average molecular weight is 469 g/mol. The van der Waals surface area contributed by atoms with Crippen LogP contribution in [0.2, 0.25) is 0 Å². The Bertz CT molecular complexity index is 1110. The van der Waals surface area contributed by atoms with E-state index in [1.165, 1.54) is 12.1 Å². The fourth-order valence-electron chi connectivity index (χ4n) is 4.10. The van der Waals surface area contributed by atoms with Crippen LogP contribution in [0.25, 0.3) is 0 Å². The molecule has 2 aliphatic heterocycles. The Hall–Kier alpha value is -2.30. The molecule has 1 saturated heterocycles. The number of alkyl halides is 3. The Morgan fingerprint density at radius 3 is 2.47 bits per heavy atom. The Morgan fingerprint density at radius 1 is 1.09 bits per heavy atom. The summed E-state index contributed by atoms with van der Waals surface area (Å²) in [5.41, 5.74) is -0.424. The van der Waals surface area contributed by atoms with Gasteiger partial charge in [0.25, 0.3) is 11.7 Å². The van der Waals surface area contributed by atoms with Crippen molar-refractivity contribution >= 4 is 22.4 Å².